The molecule has 0 aliphatic rings. The van der Waals surface area contributed by atoms with Crippen molar-refractivity contribution in [3.63, 3.8) is 0 Å². The summed E-state index contributed by atoms with van der Waals surface area (Å²) in [6, 6.07) is 16.9. The molecular formula is C18H15NO3. The normalized spacial score (nSPS) is 10.4. The van der Waals surface area contributed by atoms with Crippen molar-refractivity contribution in [3.8, 4) is 5.75 Å². The molecule has 4 nitrogen and oxygen atoms in total. The fourth-order valence-corrected chi connectivity index (χ4v) is 2.17. The minimum absolute atomic E-state index is 0.359. The maximum Gasteiger partial charge on any atom is 0.337 e. The van der Waals surface area contributed by atoms with Crippen molar-refractivity contribution in [2.75, 3.05) is 7.11 Å². The van der Waals surface area contributed by atoms with Gasteiger partial charge in [0.25, 0.3) is 0 Å². The van der Waals surface area contributed by atoms with E-state index in [9.17, 15) is 4.79 Å². The Kier molecular flexibility index (Phi) is 4.01. The van der Waals surface area contributed by atoms with Crippen LogP contribution in [-0.4, -0.2) is 18.1 Å². The maximum absolute atomic E-state index is 11.4. The fraction of sp³-hybridized carbons (Fsp3) is 0.111. The number of carbonyl (C=O) groups is 1. The van der Waals surface area contributed by atoms with Gasteiger partial charge in [0, 0.05) is 11.6 Å². The van der Waals surface area contributed by atoms with Gasteiger partial charge in [-0.15, -0.1) is 0 Å². The largest absolute Gasteiger partial charge is 0.487 e. The van der Waals surface area contributed by atoms with E-state index in [1.165, 1.54) is 7.11 Å². The summed E-state index contributed by atoms with van der Waals surface area (Å²) in [5.41, 5.74) is 1.36. The molecule has 0 aliphatic carbocycles. The van der Waals surface area contributed by atoms with Crippen LogP contribution in [-0.2, 0) is 11.3 Å². The van der Waals surface area contributed by atoms with E-state index >= 15 is 0 Å². The third kappa shape index (κ3) is 3.06. The minimum Gasteiger partial charge on any atom is -0.487 e. The number of methoxy groups -OCH3 is 1. The van der Waals surface area contributed by atoms with Crippen molar-refractivity contribution in [1.82, 2.24) is 4.98 Å². The highest BCUT2D eigenvalue weighted by atomic mass is 16.5. The molecule has 0 spiro atoms. The fourth-order valence-electron chi connectivity index (χ4n) is 2.17. The van der Waals surface area contributed by atoms with Crippen LogP contribution in [0.1, 0.15) is 16.1 Å². The van der Waals surface area contributed by atoms with Gasteiger partial charge in [0.05, 0.1) is 18.4 Å². The van der Waals surface area contributed by atoms with Crippen LogP contribution in [0, 0.1) is 0 Å². The number of pyridine rings is 1. The molecule has 0 aliphatic heterocycles. The van der Waals surface area contributed by atoms with Crippen LogP contribution in [0.4, 0.5) is 0 Å². The van der Waals surface area contributed by atoms with Gasteiger partial charge in [-0.3, -0.25) is 4.98 Å². The van der Waals surface area contributed by atoms with Gasteiger partial charge in [-0.2, -0.15) is 0 Å². The topological polar surface area (TPSA) is 48.4 Å². The number of fused-ring (bicyclic) bond motifs is 1. The summed E-state index contributed by atoms with van der Waals surface area (Å²) in [5, 5.41) is 2.24. The van der Waals surface area contributed by atoms with E-state index < -0.39 is 0 Å². The van der Waals surface area contributed by atoms with E-state index in [-0.39, 0.29) is 5.97 Å². The van der Waals surface area contributed by atoms with Gasteiger partial charge in [-0.25, -0.2) is 4.79 Å². The van der Waals surface area contributed by atoms with Crippen molar-refractivity contribution < 1.29 is 14.3 Å². The number of rotatable bonds is 4. The molecule has 22 heavy (non-hydrogen) atoms. The summed E-state index contributed by atoms with van der Waals surface area (Å²) < 4.78 is 10.4. The molecule has 4 heteroatoms. The van der Waals surface area contributed by atoms with Crippen LogP contribution in [0.3, 0.4) is 0 Å². The Balaban J connectivity index is 1.69. The second kappa shape index (κ2) is 6.26. The number of hydrogen-bond acceptors (Lipinski definition) is 4. The molecule has 1 aromatic heterocycles. The lowest BCUT2D eigenvalue weighted by atomic mass is 10.1. The predicted molar refractivity (Wildman–Crippen MR) is 83.9 cm³/mol. The number of hydrogen-bond donors (Lipinski definition) is 0. The molecule has 0 saturated carbocycles. The Labute approximate surface area is 128 Å². The van der Waals surface area contributed by atoms with Crippen molar-refractivity contribution in [3.05, 3.63) is 72.1 Å². The Hall–Kier alpha value is -2.88. The monoisotopic (exact) mass is 293 g/mol. The number of benzene rings is 2. The maximum atomic E-state index is 11.4. The molecule has 0 amide bonds. The second-order valence-electron chi connectivity index (χ2n) is 4.83. The Morgan fingerprint density at radius 1 is 1.05 bits per heavy atom. The van der Waals surface area contributed by atoms with Crippen LogP contribution >= 0.6 is 0 Å². The van der Waals surface area contributed by atoms with Crippen molar-refractivity contribution in [2.24, 2.45) is 0 Å². The molecule has 0 fully saturated rings. The lowest BCUT2D eigenvalue weighted by Crippen LogP contribution is -2.01. The molecule has 0 saturated heterocycles. The molecule has 0 radical (unpaired) electrons. The van der Waals surface area contributed by atoms with Crippen LogP contribution in [0.15, 0.2) is 60.8 Å². The van der Waals surface area contributed by atoms with Crippen molar-refractivity contribution in [2.45, 2.75) is 6.61 Å². The SMILES string of the molecule is COC(=O)c1ccc(OCc2cc3ccccc3cn2)cc1. The number of carbonyl (C=O) groups excluding carboxylic acids is 1. The van der Waals surface area contributed by atoms with E-state index in [0.29, 0.717) is 17.9 Å². The minimum atomic E-state index is -0.359. The lowest BCUT2D eigenvalue weighted by Gasteiger charge is -2.07. The van der Waals surface area contributed by atoms with Crippen LogP contribution < -0.4 is 4.74 Å². The molecule has 3 aromatic rings. The lowest BCUT2D eigenvalue weighted by molar-refractivity contribution is 0.0600. The first-order valence-electron chi connectivity index (χ1n) is 6.91. The first-order valence-corrected chi connectivity index (χ1v) is 6.91. The summed E-state index contributed by atoms with van der Waals surface area (Å²) in [6.07, 6.45) is 1.84. The molecule has 0 unspecified atom stereocenters. The van der Waals surface area contributed by atoms with E-state index in [2.05, 4.69) is 9.72 Å². The van der Waals surface area contributed by atoms with Crippen molar-refractivity contribution in [1.29, 1.82) is 0 Å². The number of ether oxygens (including phenoxy) is 2. The van der Waals surface area contributed by atoms with E-state index in [1.54, 1.807) is 24.3 Å². The highest BCUT2D eigenvalue weighted by Gasteiger charge is 2.05. The zero-order valence-corrected chi connectivity index (χ0v) is 12.2. The van der Waals surface area contributed by atoms with Gasteiger partial charge in [-0.1, -0.05) is 24.3 Å². The zero-order valence-electron chi connectivity index (χ0n) is 12.2. The van der Waals surface area contributed by atoms with E-state index in [1.807, 2.05) is 36.5 Å². The Morgan fingerprint density at radius 3 is 2.50 bits per heavy atom. The number of esters is 1. The van der Waals surface area contributed by atoms with E-state index in [0.717, 1.165) is 16.5 Å². The van der Waals surface area contributed by atoms with Gasteiger partial charge in [0.2, 0.25) is 0 Å². The smallest absolute Gasteiger partial charge is 0.337 e. The molecule has 0 bridgehead atoms. The molecule has 0 N–H and O–H groups in total. The van der Waals surface area contributed by atoms with Gasteiger partial charge in [0.15, 0.2) is 0 Å². The summed E-state index contributed by atoms with van der Waals surface area (Å²) >= 11 is 0. The van der Waals surface area contributed by atoms with Gasteiger partial charge in [-0.05, 0) is 35.7 Å². The van der Waals surface area contributed by atoms with Gasteiger partial charge >= 0.3 is 5.97 Å². The van der Waals surface area contributed by atoms with Crippen molar-refractivity contribution >= 4 is 16.7 Å². The molecular weight excluding hydrogens is 278 g/mol. The zero-order chi connectivity index (χ0) is 15.4. The second-order valence-corrected chi connectivity index (χ2v) is 4.83. The Bertz CT molecular complexity index is 797. The standard InChI is InChI=1S/C18H15NO3/c1-21-18(20)13-6-8-17(9-7-13)22-12-16-10-14-4-2-3-5-15(14)11-19-16/h2-11H,12H2,1H3. The quantitative estimate of drug-likeness (QED) is 0.690. The summed E-state index contributed by atoms with van der Waals surface area (Å²) in [4.78, 5) is 15.7. The predicted octanol–water partition coefficient (Wildman–Crippen LogP) is 3.60. The highest BCUT2D eigenvalue weighted by Crippen LogP contribution is 2.17. The van der Waals surface area contributed by atoms with E-state index in [4.69, 9.17) is 4.74 Å². The molecule has 0 atom stereocenters. The average molecular weight is 293 g/mol. The third-order valence-corrected chi connectivity index (χ3v) is 3.35. The molecule has 2 aromatic carbocycles. The molecule has 3 rings (SSSR count). The van der Waals surface area contributed by atoms with Crippen LogP contribution in [0.25, 0.3) is 10.8 Å². The summed E-state index contributed by atoms with van der Waals surface area (Å²) in [6.45, 7) is 0.377. The van der Waals surface area contributed by atoms with Crippen LogP contribution in [0.5, 0.6) is 5.75 Å². The first-order chi connectivity index (χ1) is 10.8. The highest BCUT2D eigenvalue weighted by molar-refractivity contribution is 5.89. The van der Waals surface area contributed by atoms with Gasteiger partial charge < -0.3 is 9.47 Å². The summed E-state index contributed by atoms with van der Waals surface area (Å²) in [7, 11) is 1.36. The number of nitrogens with zero attached hydrogens (tertiary/aromatic N) is 1. The summed E-state index contributed by atoms with van der Waals surface area (Å²) in [5.74, 6) is 0.324. The van der Waals surface area contributed by atoms with Crippen LogP contribution in [0.2, 0.25) is 0 Å². The van der Waals surface area contributed by atoms with Gasteiger partial charge in [0.1, 0.15) is 12.4 Å². The number of aromatic nitrogens is 1. The third-order valence-electron chi connectivity index (χ3n) is 3.35. The molecule has 1 heterocycles. The first kappa shape index (κ1) is 14.1. The Morgan fingerprint density at radius 2 is 1.77 bits per heavy atom. The average Bonchev–Trinajstić information content (AvgIpc) is 2.59. The molecule has 110 valence electrons.